The second-order valence-electron chi connectivity index (χ2n) is 13.6. The van der Waals surface area contributed by atoms with Crippen molar-refractivity contribution >= 4 is 46.2 Å². The SMILES string of the molecule is CCc1c(C2CCC(C(=O)c3ncnc(C)c3O)[C@H]3CC[C@H]23)c(=O)c2nc(C=C3CCC3)nnc2n1CC(=O)Nc1ccc(C(F)(F)F)cc1Cl. The van der Waals surface area contributed by atoms with Crippen LogP contribution in [0, 0.1) is 24.7 Å². The van der Waals surface area contributed by atoms with Crippen LogP contribution in [0.2, 0.25) is 5.02 Å². The lowest BCUT2D eigenvalue weighted by atomic mass is 9.54. The Bertz CT molecular complexity index is 2160. The number of aromatic nitrogens is 6. The summed E-state index contributed by atoms with van der Waals surface area (Å²) in [6, 6.07) is 2.68. The summed E-state index contributed by atoms with van der Waals surface area (Å²) in [6.45, 7) is 3.14. The molecule has 0 bridgehead atoms. The standard InChI is InChI=1S/C36H35ClF3N7O4/c1-3-26-29(22-10-11-23(21-9-8-20(21)22)33(50)30-32(49)17(2)41-16-42-30)34(51)31-35(46-45-27(44-31)13-18-5-4-6-18)47(26)15-28(48)43-25-12-7-19(14-24(25)37)36(38,39)40/h7,12-14,16,20-23,49H,3-6,8-11,15H2,1-2H3,(H,43,48)/t20-,21-,22?,23?/m0/s1. The molecule has 0 aliphatic heterocycles. The number of carbonyl (C=O) groups excluding carboxylic acids is 2. The maximum atomic E-state index is 14.5. The Balaban J connectivity index is 1.27. The van der Waals surface area contributed by atoms with Gasteiger partial charge in [0.15, 0.2) is 34.2 Å². The van der Waals surface area contributed by atoms with Crippen molar-refractivity contribution in [2.45, 2.75) is 83.9 Å². The molecule has 3 heterocycles. The predicted molar refractivity (Wildman–Crippen MR) is 182 cm³/mol. The molecule has 3 aromatic heterocycles. The highest BCUT2D eigenvalue weighted by Gasteiger charge is 2.50. The molecule has 3 aliphatic rings. The number of nitrogens with one attached hydrogen (secondary N) is 1. The Morgan fingerprint density at radius 2 is 1.86 bits per heavy atom. The number of allylic oxidation sites excluding steroid dienone is 1. The molecule has 3 saturated carbocycles. The lowest BCUT2D eigenvalue weighted by molar-refractivity contribution is -0.137. The largest absolute Gasteiger partial charge is 0.504 e. The number of halogens is 4. The Labute approximate surface area is 295 Å². The fourth-order valence-electron chi connectivity index (χ4n) is 7.87. The Hall–Kier alpha value is -4.72. The van der Waals surface area contributed by atoms with E-state index in [2.05, 4.69) is 30.5 Å². The number of amides is 1. The van der Waals surface area contributed by atoms with E-state index in [1.54, 1.807) is 11.5 Å². The van der Waals surface area contributed by atoms with Crippen LogP contribution in [0.1, 0.15) is 96.6 Å². The van der Waals surface area contributed by atoms with Crippen molar-refractivity contribution in [1.82, 2.24) is 29.7 Å². The highest BCUT2D eigenvalue weighted by atomic mass is 35.5. The molecular formula is C36H35ClF3N7O4. The van der Waals surface area contributed by atoms with Gasteiger partial charge in [-0.1, -0.05) is 24.1 Å². The predicted octanol–water partition coefficient (Wildman–Crippen LogP) is 6.83. The second-order valence-corrected chi connectivity index (χ2v) is 14.0. The number of aromatic hydroxyl groups is 1. The first-order valence-electron chi connectivity index (χ1n) is 17.1. The zero-order valence-corrected chi connectivity index (χ0v) is 28.7. The molecule has 2 unspecified atom stereocenters. The van der Waals surface area contributed by atoms with E-state index in [1.165, 1.54) is 6.33 Å². The van der Waals surface area contributed by atoms with Gasteiger partial charge in [0, 0.05) is 17.2 Å². The van der Waals surface area contributed by atoms with Gasteiger partial charge in [0.25, 0.3) is 0 Å². The number of hydrogen-bond donors (Lipinski definition) is 2. The van der Waals surface area contributed by atoms with Gasteiger partial charge >= 0.3 is 6.18 Å². The van der Waals surface area contributed by atoms with Crippen molar-refractivity contribution in [3.63, 3.8) is 0 Å². The number of aryl methyl sites for hydroxylation is 1. The average Bonchev–Trinajstić information content (AvgIpc) is 3.05. The number of rotatable bonds is 8. The summed E-state index contributed by atoms with van der Waals surface area (Å²) in [5.41, 5.74) is 1.53. The van der Waals surface area contributed by atoms with Gasteiger partial charge in [0.1, 0.15) is 12.9 Å². The molecule has 15 heteroatoms. The normalized spacial score (nSPS) is 21.4. The van der Waals surface area contributed by atoms with E-state index in [0.717, 1.165) is 55.9 Å². The average molecular weight is 722 g/mol. The van der Waals surface area contributed by atoms with Crippen LogP contribution >= 0.6 is 11.6 Å². The quantitative estimate of drug-likeness (QED) is 0.186. The van der Waals surface area contributed by atoms with Crippen LogP contribution in [-0.2, 0) is 23.9 Å². The number of alkyl halides is 3. The molecule has 1 amide bonds. The van der Waals surface area contributed by atoms with E-state index >= 15 is 0 Å². The number of hydrogen-bond acceptors (Lipinski definition) is 9. The van der Waals surface area contributed by atoms with E-state index in [4.69, 9.17) is 11.6 Å². The number of Topliss-reactive ketones (excluding diaryl/α,β-unsaturated/α-hetero) is 1. The summed E-state index contributed by atoms with van der Waals surface area (Å²) in [6.07, 6.45) is 4.29. The Morgan fingerprint density at radius 3 is 2.51 bits per heavy atom. The van der Waals surface area contributed by atoms with E-state index in [-0.39, 0.29) is 74.7 Å². The zero-order valence-electron chi connectivity index (χ0n) is 27.9. The van der Waals surface area contributed by atoms with Crippen LogP contribution in [0.15, 0.2) is 34.9 Å². The van der Waals surface area contributed by atoms with Gasteiger partial charge < -0.3 is 15.0 Å². The van der Waals surface area contributed by atoms with Gasteiger partial charge in [-0.05, 0) is 100 Å². The van der Waals surface area contributed by atoms with Gasteiger partial charge in [0.2, 0.25) is 11.3 Å². The smallest absolute Gasteiger partial charge is 0.416 e. The first-order valence-corrected chi connectivity index (χ1v) is 17.4. The molecule has 11 nitrogen and oxygen atoms in total. The summed E-state index contributed by atoms with van der Waals surface area (Å²) in [7, 11) is 0. The topological polar surface area (TPSA) is 153 Å². The summed E-state index contributed by atoms with van der Waals surface area (Å²) in [5, 5.41) is 21.6. The molecule has 3 fully saturated rings. The summed E-state index contributed by atoms with van der Waals surface area (Å²) < 4.78 is 41.3. The van der Waals surface area contributed by atoms with Crippen molar-refractivity contribution in [2.75, 3.05) is 5.32 Å². The van der Waals surface area contributed by atoms with E-state index in [0.29, 0.717) is 42.0 Å². The Morgan fingerprint density at radius 1 is 1.10 bits per heavy atom. The first kappa shape index (κ1) is 34.7. The van der Waals surface area contributed by atoms with Crippen LogP contribution in [0.25, 0.3) is 17.2 Å². The minimum absolute atomic E-state index is 0.00197. The number of carbonyl (C=O) groups is 2. The molecule has 7 rings (SSSR count). The molecule has 2 N–H and O–H groups in total. The van der Waals surface area contributed by atoms with E-state index in [9.17, 15) is 32.7 Å². The molecule has 0 radical (unpaired) electrons. The van der Waals surface area contributed by atoms with E-state index < -0.39 is 17.6 Å². The maximum Gasteiger partial charge on any atom is 0.416 e. The van der Waals surface area contributed by atoms with Gasteiger partial charge in [-0.25, -0.2) is 15.0 Å². The van der Waals surface area contributed by atoms with Gasteiger partial charge in [-0.15, -0.1) is 10.2 Å². The third kappa shape index (κ3) is 6.38. The lowest BCUT2D eigenvalue weighted by Crippen LogP contribution is -2.45. The minimum atomic E-state index is -4.60. The van der Waals surface area contributed by atoms with Crippen molar-refractivity contribution in [2.24, 2.45) is 17.8 Å². The van der Waals surface area contributed by atoms with Crippen molar-refractivity contribution in [3.05, 3.63) is 79.4 Å². The van der Waals surface area contributed by atoms with Crippen LogP contribution in [0.3, 0.4) is 0 Å². The molecule has 1 aromatic carbocycles. The van der Waals surface area contributed by atoms with Crippen LogP contribution in [0.5, 0.6) is 5.75 Å². The van der Waals surface area contributed by atoms with Gasteiger partial charge in [0.05, 0.1) is 22.0 Å². The third-order valence-corrected chi connectivity index (χ3v) is 11.0. The summed E-state index contributed by atoms with van der Waals surface area (Å²) >= 11 is 6.14. The Kier molecular flexibility index (Phi) is 9.15. The highest BCUT2D eigenvalue weighted by Crippen LogP contribution is 2.55. The number of benzene rings is 1. The number of ketones is 1. The summed E-state index contributed by atoms with van der Waals surface area (Å²) in [5.74, 6) is -1.41. The fraction of sp³-hybridized carbons (Fsp3) is 0.444. The number of nitrogens with zero attached hydrogens (tertiary/aromatic N) is 6. The van der Waals surface area contributed by atoms with E-state index in [1.807, 2.05) is 13.0 Å². The monoisotopic (exact) mass is 721 g/mol. The summed E-state index contributed by atoms with van der Waals surface area (Å²) in [4.78, 5) is 54.5. The van der Waals surface area contributed by atoms with Gasteiger partial charge in [-0.2, -0.15) is 13.2 Å². The molecule has 51 heavy (non-hydrogen) atoms. The number of pyridine rings is 1. The molecule has 4 atom stereocenters. The van der Waals surface area contributed by atoms with Crippen molar-refractivity contribution in [1.29, 1.82) is 0 Å². The third-order valence-electron chi connectivity index (χ3n) is 10.7. The van der Waals surface area contributed by atoms with Crippen molar-refractivity contribution < 1.29 is 27.9 Å². The lowest BCUT2D eigenvalue weighted by Gasteiger charge is -2.50. The second kappa shape index (κ2) is 13.4. The molecule has 266 valence electrons. The van der Waals surface area contributed by atoms with Crippen LogP contribution < -0.4 is 10.7 Å². The number of fused-ring (bicyclic) bond motifs is 2. The molecule has 0 saturated heterocycles. The molecule has 4 aromatic rings. The van der Waals surface area contributed by atoms with Crippen LogP contribution in [0.4, 0.5) is 18.9 Å². The molecule has 3 aliphatic carbocycles. The fourth-order valence-corrected chi connectivity index (χ4v) is 8.10. The zero-order chi connectivity index (χ0) is 36.2. The molecule has 0 spiro atoms. The highest BCUT2D eigenvalue weighted by molar-refractivity contribution is 6.33. The maximum absolute atomic E-state index is 14.5. The van der Waals surface area contributed by atoms with Gasteiger partial charge in [-0.3, -0.25) is 14.4 Å². The molecular weight excluding hydrogens is 687 g/mol. The number of anilines is 1. The first-order chi connectivity index (χ1) is 24.3. The minimum Gasteiger partial charge on any atom is -0.504 e. The van der Waals surface area contributed by atoms with Crippen molar-refractivity contribution in [3.8, 4) is 5.75 Å². The van der Waals surface area contributed by atoms with Crippen LogP contribution in [-0.4, -0.2) is 46.5 Å².